The molecule has 1 fully saturated rings. The Kier molecular flexibility index (Phi) is 7.55. The lowest BCUT2D eigenvalue weighted by molar-refractivity contribution is -0.0350. The van der Waals surface area contributed by atoms with E-state index in [1.807, 2.05) is 0 Å². The molecule has 2 rings (SSSR count). The number of hydrogen-bond acceptors (Lipinski definition) is 7. The maximum absolute atomic E-state index is 12.1. The zero-order valence-electron chi connectivity index (χ0n) is 15.1. The molecule has 1 unspecified atom stereocenters. The van der Waals surface area contributed by atoms with Crippen LogP contribution in [0.1, 0.15) is 52.2 Å². The molecule has 1 amide bonds. The molecule has 146 valence electrons. The van der Waals surface area contributed by atoms with Crippen LogP contribution in [0.2, 0.25) is 0 Å². The highest BCUT2D eigenvalue weighted by molar-refractivity contribution is 5.83. The number of nitrogens with zero attached hydrogens (tertiary/aromatic N) is 2. The molecule has 9 nitrogen and oxygen atoms in total. The molecular weight excluding hydrogens is 342 g/mol. The highest BCUT2D eigenvalue weighted by Gasteiger charge is 2.41. The molecule has 1 aliphatic heterocycles. The minimum Gasteiger partial charge on any atom is -0.449 e. The lowest BCUT2D eigenvalue weighted by Crippen LogP contribution is -2.35. The monoisotopic (exact) mass is 369 g/mol. The Balaban J connectivity index is 1.85. The first-order valence-electron chi connectivity index (χ1n) is 8.98. The Morgan fingerprint density at radius 3 is 2.65 bits per heavy atom. The summed E-state index contributed by atoms with van der Waals surface area (Å²) < 4.78 is 11.5. The second kappa shape index (κ2) is 9.65. The van der Waals surface area contributed by atoms with Crippen LogP contribution in [-0.2, 0) is 9.47 Å². The first-order valence-corrected chi connectivity index (χ1v) is 8.98. The van der Waals surface area contributed by atoms with E-state index in [0.717, 1.165) is 30.3 Å². The molecule has 3 N–H and O–H groups in total. The van der Waals surface area contributed by atoms with E-state index in [0.29, 0.717) is 6.61 Å². The number of unbranched alkanes of at least 4 members (excludes halogenated alkanes) is 4. The number of ether oxygens (including phenoxy) is 2. The molecule has 0 spiro atoms. The SMILES string of the molecule is CCCCCCCOC(=O)Nc1ccn([C@@H]2OC(C)[C@@H](O)[C@@H]2O)c(=O)n1. The molecule has 2 heterocycles. The second-order valence-corrected chi connectivity index (χ2v) is 6.39. The molecule has 26 heavy (non-hydrogen) atoms. The molecule has 4 atom stereocenters. The summed E-state index contributed by atoms with van der Waals surface area (Å²) in [7, 11) is 0. The third-order valence-electron chi connectivity index (χ3n) is 4.29. The van der Waals surface area contributed by atoms with Crippen LogP contribution in [0.15, 0.2) is 17.1 Å². The average Bonchev–Trinajstić information content (AvgIpc) is 2.85. The van der Waals surface area contributed by atoms with Crippen LogP contribution >= 0.6 is 0 Å². The fourth-order valence-electron chi connectivity index (χ4n) is 2.74. The van der Waals surface area contributed by atoms with Crippen LogP contribution in [0.25, 0.3) is 0 Å². The van der Waals surface area contributed by atoms with Crippen LogP contribution in [0.5, 0.6) is 0 Å². The summed E-state index contributed by atoms with van der Waals surface area (Å²) in [5, 5.41) is 22.1. The average molecular weight is 369 g/mol. The van der Waals surface area contributed by atoms with Gasteiger partial charge in [0.2, 0.25) is 0 Å². The van der Waals surface area contributed by atoms with Crippen LogP contribution in [-0.4, -0.2) is 50.8 Å². The van der Waals surface area contributed by atoms with Crippen molar-refractivity contribution < 1.29 is 24.5 Å². The highest BCUT2D eigenvalue weighted by atomic mass is 16.6. The van der Waals surface area contributed by atoms with Crippen molar-refractivity contribution >= 4 is 11.9 Å². The lowest BCUT2D eigenvalue weighted by Gasteiger charge is -2.17. The predicted octanol–water partition coefficient (Wildman–Crippen LogP) is 1.40. The van der Waals surface area contributed by atoms with Crippen LogP contribution < -0.4 is 11.0 Å². The summed E-state index contributed by atoms with van der Waals surface area (Å²) in [5.74, 6) is 0.0447. The van der Waals surface area contributed by atoms with Crippen LogP contribution in [0.3, 0.4) is 0 Å². The van der Waals surface area contributed by atoms with Gasteiger partial charge in [0.25, 0.3) is 0 Å². The van der Waals surface area contributed by atoms with Crippen LogP contribution in [0.4, 0.5) is 10.6 Å². The smallest absolute Gasteiger partial charge is 0.412 e. The van der Waals surface area contributed by atoms with E-state index in [4.69, 9.17) is 9.47 Å². The van der Waals surface area contributed by atoms with Crippen molar-refractivity contribution in [1.29, 1.82) is 0 Å². The van der Waals surface area contributed by atoms with Crippen molar-refractivity contribution in [2.75, 3.05) is 11.9 Å². The number of anilines is 1. The van der Waals surface area contributed by atoms with Crippen molar-refractivity contribution in [1.82, 2.24) is 9.55 Å². The van der Waals surface area contributed by atoms with Crippen molar-refractivity contribution in [3.63, 3.8) is 0 Å². The summed E-state index contributed by atoms with van der Waals surface area (Å²) in [6.07, 6.45) is 1.95. The van der Waals surface area contributed by atoms with Crippen molar-refractivity contribution in [2.45, 2.75) is 70.5 Å². The quantitative estimate of drug-likeness (QED) is 0.592. The van der Waals surface area contributed by atoms with Gasteiger partial charge >= 0.3 is 11.8 Å². The fourth-order valence-corrected chi connectivity index (χ4v) is 2.74. The van der Waals surface area contributed by atoms with E-state index in [9.17, 15) is 19.8 Å². The lowest BCUT2D eigenvalue weighted by atomic mass is 10.1. The molecule has 0 aromatic carbocycles. The minimum absolute atomic E-state index is 0.0447. The van der Waals surface area contributed by atoms with Crippen molar-refractivity contribution in [3.05, 3.63) is 22.7 Å². The number of hydrogen-bond donors (Lipinski definition) is 3. The number of carbonyl (C=O) groups excluding carboxylic acids is 1. The van der Waals surface area contributed by atoms with Gasteiger partial charge in [-0.05, 0) is 19.4 Å². The Hall–Kier alpha value is -1.97. The first-order chi connectivity index (χ1) is 12.4. The van der Waals surface area contributed by atoms with Gasteiger partial charge in [-0.1, -0.05) is 32.6 Å². The topological polar surface area (TPSA) is 123 Å². The van der Waals surface area contributed by atoms with E-state index in [-0.39, 0.29) is 5.82 Å². The molecule has 1 aliphatic rings. The summed E-state index contributed by atoms with van der Waals surface area (Å²) in [6.45, 7) is 4.04. The number of aliphatic hydroxyl groups is 2. The summed E-state index contributed by atoms with van der Waals surface area (Å²) in [5.41, 5.74) is -0.715. The largest absolute Gasteiger partial charge is 0.449 e. The molecule has 1 aromatic heterocycles. The van der Waals surface area contributed by atoms with Gasteiger partial charge in [0.1, 0.15) is 18.0 Å². The van der Waals surface area contributed by atoms with Gasteiger partial charge in [0.05, 0.1) is 12.7 Å². The summed E-state index contributed by atoms with van der Waals surface area (Å²) in [6, 6.07) is 1.40. The third kappa shape index (κ3) is 5.26. The zero-order chi connectivity index (χ0) is 19.1. The number of aromatic nitrogens is 2. The van der Waals surface area contributed by atoms with Gasteiger partial charge in [-0.15, -0.1) is 0 Å². The van der Waals surface area contributed by atoms with Gasteiger partial charge < -0.3 is 19.7 Å². The van der Waals surface area contributed by atoms with E-state index in [1.54, 1.807) is 6.92 Å². The predicted molar refractivity (Wildman–Crippen MR) is 93.8 cm³/mol. The van der Waals surface area contributed by atoms with Gasteiger partial charge in [0, 0.05) is 6.20 Å². The van der Waals surface area contributed by atoms with Gasteiger partial charge in [0.15, 0.2) is 6.23 Å². The Bertz CT molecular complexity index is 650. The molecule has 0 radical (unpaired) electrons. The summed E-state index contributed by atoms with van der Waals surface area (Å²) in [4.78, 5) is 27.6. The number of rotatable bonds is 8. The fraction of sp³-hybridized carbons (Fsp3) is 0.706. The number of aliphatic hydroxyl groups excluding tert-OH is 2. The van der Waals surface area contributed by atoms with Crippen molar-refractivity contribution in [3.8, 4) is 0 Å². The molecular formula is C17H27N3O6. The van der Waals surface area contributed by atoms with Gasteiger partial charge in [-0.25, -0.2) is 9.59 Å². The maximum Gasteiger partial charge on any atom is 0.412 e. The highest BCUT2D eigenvalue weighted by Crippen LogP contribution is 2.27. The number of nitrogens with one attached hydrogen (secondary N) is 1. The van der Waals surface area contributed by atoms with E-state index in [1.165, 1.54) is 18.7 Å². The molecule has 0 saturated carbocycles. The number of amides is 1. The minimum atomic E-state index is -1.24. The normalized spacial score (nSPS) is 25.2. The van der Waals surface area contributed by atoms with Crippen molar-refractivity contribution in [2.24, 2.45) is 0 Å². The molecule has 1 saturated heterocycles. The van der Waals surface area contributed by atoms with Gasteiger partial charge in [-0.3, -0.25) is 9.88 Å². The maximum atomic E-state index is 12.1. The van der Waals surface area contributed by atoms with E-state index in [2.05, 4.69) is 17.2 Å². The van der Waals surface area contributed by atoms with E-state index < -0.39 is 36.3 Å². The first kappa shape index (κ1) is 20.3. The Morgan fingerprint density at radius 2 is 2.04 bits per heavy atom. The Labute approximate surface area is 152 Å². The van der Waals surface area contributed by atoms with Crippen LogP contribution in [0, 0.1) is 0 Å². The standard InChI is InChI=1S/C17H27N3O6/c1-3-4-5-6-7-10-25-17(24)19-12-8-9-20(16(23)18-12)15-14(22)13(21)11(2)26-15/h8-9,11,13-15,21-22H,3-7,10H2,1-2H3,(H,18,19,23,24)/t11?,13-,14+,15-/m1/s1. The second-order valence-electron chi connectivity index (χ2n) is 6.39. The molecule has 0 bridgehead atoms. The molecule has 0 aliphatic carbocycles. The molecule has 9 heteroatoms. The Morgan fingerprint density at radius 1 is 1.31 bits per heavy atom. The molecule has 1 aromatic rings. The van der Waals surface area contributed by atoms with E-state index >= 15 is 0 Å². The van der Waals surface area contributed by atoms with Gasteiger partial charge in [-0.2, -0.15) is 4.98 Å². The number of carbonyl (C=O) groups is 1. The third-order valence-corrected chi connectivity index (χ3v) is 4.29. The zero-order valence-corrected chi connectivity index (χ0v) is 15.1. The summed E-state index contributed by atoms with van der Waals surface area (Å²) >= 11 is 0.